The number of hydrogen-bond donors (Lipinski definition) is 3. The molecule has 0 aromatic heterocycles. The molecule has 152 valence electrons. The lowest BCUT2D eigenvalue weighted by molar-refractivity contribution is 0.187. The molecule has 0 aliphatic rings. The quantitative estimate of drug-likeness (QED) is 0.316. The first-order valence-corrected chi connectivity index (χ1v) is 8.73. The molecule has 0 atom stereocenters. The molecule has 0 spiro atoms. The highest BCUT2D eigenvalue weighted by atomic mass is 127. The van der Waals surface area contributed by atoms with E-state index in [1.165, 1.54) is 13.2 Å². The number of carbonyl (C=O) groups is 1. The van der Waals surface area contributed by atoms with Crippen molar-refractivity contribution < 1.29 is 13.9 Å². The van der Waals surface area contributed by atoms with Gasteiger partial charge >= 0.3 is 6.09 Å². The van der Waals surface area contributed by atoms with Crippen LogP contribution in [0, 0.1) is 12.7 Å². The van der Waals surface area contributed by atoms with Gasteiger partial charge in [-0.15, -0.1) is 24.0 Å². The van der Waals surface area contributed by atoms with Crippen molar-refractivity contribution in [1.82, 2.24) is 10.6 Å². The van der Waals surface area contributed by atoms with Crippen molar-refractivity contribution in [2.75, 3.05) is 19.0 Å². The minimum atomic E-state index is -0.501. The molecule has 0 heterocycles. The summed E-state index contributed by atoms with van der Waals surface area (Å²) in [7, 11) is 1.32. The van der Waals surface area contributed by atoms with Gasteiger partial charge in [-0.2, -0.15) is 0 Å². The standard InChI is InChI=1S/C20H25FN4O2.HI/c1-4-22-19(24-13-16-7-10-18(21)14(2)11-16)23-12-15-5-8-17(9-6-15)25-20(26)27-3;/h5-11H,4,12-13H2,1-3H3,(H,25,26)(H2,22,23,24);1H. The van der Waals surface area contributed by atoms with Crippen LogP contribution >= 0.6 is 24.0 Å². The van der Waals surface area contributed by atoms with Gasteiger partial charge in [0.25, 0.3) is 0 Å². The Morgan fingerprint density at radius 3 is 2.39 bits per heavy atom. The lowest BCUT2D eigenvalue weighted by Crippen LogP contribution is -2.36. The Morgan fingerprint density at radius 1 is 1.11 bits per heavy atom. The zero-order chi connectivity index (χ0) is 19.6. The van der Waals surface area contributed by atoms with Crippen LogP contribution in [-0.2, 0) is 17.8 Å². The second kappa shape index (κ2) is 12.2. The fourth-order valence-corrected chi connectivity index (χ4v) is 2.38. The van der Waals surface area contributed by atoms with Crippen molar-refractivity contribution in [2.45, 2.75) is 26.9 Å². The van der Waals surface area contributed by atoms with E-state index in [-0.39, 0.29) is 29.8 Å². The summed E-state index contributed by atoms with van der Waals surface area (Å²) in [5.41, 5.74) is 3.26. The number of guanidine groups is 1. The zero-order valence-corrected chi connectivity index (χ0v) is 18.5. The van der Waals surface area contributed by atoms with Crippen LogP contribution in [0.4, 0.5) is 14.9 Å². The molecule has 0 radical (unpaired) electrons. The number of anilines is 1. The third-order valence-corrected chi connectivity index (χ3v) is 3.83. The molecule has 2 aromatic carbocycles. The fourth-order valence-electron chi connectivity index (χ4n) is 2.38. The summed E-state index contributed by atoms with van der Waals surface area (Å²) < 4.78 is 17.9. The van der Waals surface area contributed by atoms with Gasteiger partial charge in [0, 0.05) is 18.8 Å². The number of nitrogens with one attached hydrogen (secondary N) is 3. The van der Waals surface area contributed by atoms with Crippen LogP contribution in [0.25, 0.3) is 0 Å². The molecular weight excluding hydrogens is 474 g/mol. The topological polar surface area (TPSA) is 74.8 Å². The van der Waals surface area contributed by atoms with E-state index in [0.717, 1.165) is 17.7 Å². The molecular formula is C20H26FIN4O2. The molecule has 6 nitrogen and oxygen atoms in total. The summed E-state index contributed by atoms with van der Waals surface area (Å²) in [4.78, 5) is 15.7. The first-order chi connectivity index (χ1) is 13.0. The van der Waals surface area contributed by atoms with E-state index in [0.29, 0.717) is 30.3 Å². The van der Waals surface area contributed by atoms with Gasteiger partial charge in [-0.05, 0) is 48.7 Å². The normalized spacial score (nSPS) is 10.6. The highest BCUT2D eigenvalue weighted by molar-refractivity contribution is 14.0. The highest BCUT2D eigenvalue weighted by Crippen LogP contribution is 2.11. The van der Waals surface area contributed by atoms with Crippen LogP contribution in [0.3, 0.4) is 0 Å². The van der Waals surface area contributed by atoms with Crippen LogP contribution < -0.4 is 16.0 Å². The molecule has 0 aliphatic heterocycles. The van der Waals surface area contributed by atoms with E-state index in [1.54, 1.807) is 31.2 Å². The lowest BCUT2D eigenvalue weighted by atomic mass is 10.1. The summed E-state index contributed by atoms with van der Waals surface area (Å²) in [5.74, 6) is 0.467. The Labute approximate surface area is 182 Å². The molecule has 3 N–H and O–H groups in total. The second-order valence-electron chi connectivity index (χ2n) is 5.95. The Balaban J connectivity index is 0.00000392. The molecule has 0 unspecified atom stereocenters. The number of aryl methyl sites for hydroxylation is 1. The maximum absolute atomic E-state index is 13.4. The van der Waals surface area contributed by atoms with E-state index in [2.05, 4.69) is 25.7 Å². The maximum Gasteiger partial charge on any atom is 0.411 e. The van der Waals surface area contributed by atoms with Gasteiger partial charge in [0.2, 0.25) is 0 Å². The van der Waals surface area contributed by atoms with Crippen LogP contribution in [-0.4, -0.2) is 25.7 Å². The van der Waals surface area contributed by atoms with Crippen molar-refractivity contribution in [1.29, 1.82) is 0 Å². The van der Waals surface area contributed by atoms with Crippen LogP contribution in [0.1, 0.15) is 23.6 Å². The number of rotatable bonds is 6. The number of halogens is 2. The molecule has 2 rings (SSSR count). The monoisotopic (exact) mass is 500 g/mol. The summed E-state index contributed by atoms with van der Waals surface area (Å²) in [6, 6.07) is 12.4. The minimum Gasteiger partial charge on any atom is -0.453 e. The van der Waals surface area contributed by atoms with E-state index < -0.39 is 6.09 Å². The van der Waals surface area contributed by atoms with Crippen LogP contribution in [0.5, 0.6) is 0 Å². The minimum absolute atomic E-state index is 0. The van der Waals surface area contributed by atoms with Crippen molar-refractivity contribution in [2.24, 2.45) is 4.99 Å². The number of amides is 1. The molecule has 28 heavy (non-hydrogen) atoms. The smallest absolute Gasteiger partial charge is 0.411 e. The van der Waals surface area contributed by atoms with Gasteiger partial charge in [-0.1, -0.05) is 24.3 Å². The summed E-state index contributed by atoms with van der Waals surface area (Å²) >= 11 is 0. The van der Waals surface area contributed by atoms with Crippen molar-refractivity contribution >= 4 is 41.7 Å². The lowest BCUT2D eigenvalue weighted by Gasteiger charge is -2.12. The summed E-state index contributed by atoms with van der Waals surface area (Å²) in [6.45, 7) is 5.50. The Kier molecular flexibility index (Phi) is 10.3. The summed E-state index contributed by atoms with van der Waals surface area (Å²) in [5, 5.41) is 9.05. The highest BCUT2D eigenvalue weighted by Gasteiger charge is 2.03. The third-order valence-electron chi connectivity index (χ3n) is 3.83. The third kappa shape index (κ3) is 7.71. The Morgan fingerprint density at radius 2 is 1.79 bits per heavy atom. The number of benzene rings is 2. The number of carbonyl (C=O) groups excluding carboxylic acids is 1. The predicted molar refractivity (Wildman–Crippen MR) is 121 cm³/mol. The number of ether oxygens (including phenoxy) is 1. The van der Waals surface area contributed by atoms with E-state index in [1.807, 2.05) is 19.1 Å². The van der Waals surface area contributed by atoms with Gasteiger partial charge in [-0.3, -0.25) is 5.32 Å². The molecule has 0 saturated carbocycles. The largest absolute Gasteiger partial charge is 0.453 e. The molecule has 1 amide bonds. The van der Waals surface area contributed by atoms with Gasteiger partial charge < -0.3 is 15.4 Å². The molecule has 0 saturated heterocycles. The Bertz CT molecular complexity index is 797. The first kappa shape index (κ1) is 23.7. The van der Waals surface area contributed by atoms with Crippen molar-refractivity contribution in [3.05, 3.63) is 65.0 Å². The summed E-state index contributed by atoms with van der Waals surface area (Å²) in [6.07, 6.45) is -0.501. The first-order valence-electron chi connectivity index (χ1n) is 8.73. The number of aliphatic imine (C=N–C) groups is 1. The van der Waals surface area contributed by atoms with Gasteiger partial charge in [0.05, 0.1) is 13.7 Å². The van der Waals surface area contributed by atoms with Crippen LogP contribution in [0.15, 0.2) is 47.5 Å². The van der Waals surface area contributed by atoms with Gasteiger partial charge in [0.15, 0.2) is 5.96 Å². The van der Waals surface area contributed by atoms with Crippen LogP contribution in [0.2, 0.25) is 0 Å². The van der Waals surface area contributed by atoms with Gasteiger partial charge in [-0.25, -0.2) is 14.2 Å². The molecule has 2 aromatic rings. The fraction of sp³-hybridized carbons (Fsp3) is 0.300. The van der Waals surface area contributed by atoms with Gasteiger partial charge in [0.1, 0.15) is 5.82 Å². The Hall–Kier alpha value is -2.36. The molecule has 8 heteroatoms. The SMILES string of the molecule is CCNC(=NCc1ccc(F)c(C)c1)NCc1ccc(NC(=O)OC)cc1.I. The maximum atomic E-state index is 13.4. The molecule has 0 aliphatic carbocycles. The van der Waals surface area contributed by atoms with E-state index >= 15 is 0 Å². The zero-order valence-electron chi connectivity index (χ0n) is 16.2. The van der Waals surface area contributed by atoms with Crippen molar-refractivity contribution in [3.63, 3.8) is 0 Å². The number of hydrogen-bond acceptors (Lipinski definition) is 3. The average molecular weight is 500 g/mol. The molecule has 0 fully saturated rings. The number of nitrogens with zero attached hydrogens (tertiary/aromatic N) is 1. The predicted octanol–water partition coefficient (Wildman–Crippen LogP) is 4.19. The number of methoxy groups -OCH3 is 1. The second-order valence-corrected chi connectivity index (χ2v) is 5.95. The van der Waals surface area contributed by atoms with Crippen molar-refractivity contribution in [3.8, 4) is 0 Å². The average Bonchev–Trinajstić information content (AvgIpc) is 2.67. The van der Waals surface area contributed by atoms with E-state index in [4.69, 9.17) is 0 Å². The van der Waals surface area contributed by atoms with E-state index in [9.17, 15) is 9.18 Å². The molecule has 0 bridgehead atoms.